The van der Waals surface area contributed by atoms with Gasteiger partial charge in [0, 0.05) is 10.7 Å². The van der Waals surface area contributed by atoms with E-state index in [1.54, 1.807) is 21.3 Å². The van der Waals surface area contributed by atoms with Gasteiger partial charge in [-0.15, -0.1) is 5.10 Å². The molecule has 4 rings (SSSR count). The summed E-state index contributed by atoms with van der Waals surface area (Å²) >= 11 is 3.39. The second kappa shape index (κ2) is 6.96. The lowest BCUT2D eigenvalue weighted by Crippen LogP contribution is -2.31. The van der Waals surface area contributed by atoms with Crippen LogP contribution in [0.1, 0.15) is 37.3 Å². The molecule has 3 aromatic rings. The van der Waals surface area contributed by atoms with E-state index in [9.17, 15) is 4.79 Å². The van der Waals surface area contributed by atoms with Crippen molar-refractivity contribution in [2.24, 2.45) is 0 Å². The summed E-state index contributed by atoms with van der Waals surface area (Å²) in [6.07, 6.45) is 5.29. The average Bonchev–Trinajstić information content (AvgIpc) is 3.00. The number of aromatic nitrogens is 3. The van der Waals surface area contributed by atoms with Crippen molar-refractivity contribution in [3.63, 3.8) is 0 Å². The molecule has 1 fully saturated rings. The first-order valence-electron chi connectivity index (χ1n) is 8.58. The lowest BCUT2D eigenvalue weighted by molar-refractivity contribution is 0.128. The average molecular weight is 413 g/mol. The van der Waals surface area contributed by atoms with Crippen LogP contribution in [0.3, 0.4) is 0 Å². The summed E-state index contributed by atoms with van der Waals surface area (Å²) in [5, 5.41) is 13.5. The van der Waals surface area contributed by atoms with Gasteiger partial charge in [0.25, 0.3) is 0 Å². The number of halogens is 1. The van der Waals surface area contributed by atoms with Gasteiger partial charge in [0.05, 0.1) is 17.7 Å². The van der Waals surface area contributed by atoms with Crippen LogP contribution in [0.5, 0.6) is 5.75 Å². The molecule has 7 heteroatoms. The lowest BCUT2D eigenvalue weighted by Gasteiger charge is -2.28. The largest absolute Gasteiger partial charge is 0.490 e. The summed E-state index contributed by atoms with van der Waals surface area (Å²) in [6, 6.07) is 13.2. The van der Waals surface area contributed by atoms with Gasteiger partial charge in [-0.3, -0.25) is 4.40 Å². The fraction of sp³-hybridized carbons (Fsp3) is 0.316. The van der Waals surface area contributed by atoms with E-state index in [0.29, 0.717) is 11.2 Å². The van der Waals surface area contributed by atoms with Crippen LogP contribution in [-0.2, 0) is 0 Å². The molecule has 6 nitrogen and oxygen atoms in total. The fourth-order valence-electron chi connectivity index (χ4n) is 3.44. The van der Waals surface area contributed by atoms with Crippen molar-refractivity contribution in [1.29, 1.82) is 5.26 Å². The zero-order valence-electron chi connectivity index (χ0n) is 14.0. The molecule has 132 valence electrons. The van der Waals surface area contributed by atoms with Gasteiger partial charge in [0.2, 0.25) is 0 Å². The number of nitrogens with zero attached hydrogens (tertiary/aromatic N) is 4. The topological polar surface area (TPSA) is 72.3 Å². The van der Waals surface area contributed by atoms with Crippen molar-refractivity contribution in [3.8, 4) is 11.8 Å². The highest BCUT2D eigenvalue weighted by Gasteiger charge is 2.26. The van der Waals surface area contributed by atoms with Crippen molar-refractivity contribution in [2.45, 2.75) is 37.8 Å². The summed E-state index contributed by atoms with van der Waals surface area (Å²) in [5.74, 6) is 0.754. The van der Waals surface area contributed by atoms with Crippen molar-refractivity contribution < 1.29 is 4.74 Å². The van der Waals surface area contributed by atoms with Crippen LogP contribution in [0.25, 0.3) is 5.65 Å². The van der Waals surface area contributed by atoms with Gasteiger partial charge in [0.1, 0.15) is 11.8 Å². The fourth-order valence-corrected chi connectivity index (χ4v) is 3.89. The molecular weight excluding hydrogens is 396 g/mol. The highest BCUT2D eigenvalue weighted by molar-refractivity contribution is 9.10. The molecule has 0 saturated heterocycles. The summed E-state index contributed by atoms with van der Waals surface area (Å²) in [5.41, 5.74) is 1.19. The summed E-state index contributed by atoms with van der Waals surface area (Å²) < 4.78 is 9.99. The highest BCUT2D eigenvalue weighted by atomic mass is 79.9. The Morgan fingerprint density at radius 2 is 2.00 bits per heavy atom. The molecule has 0 aliphatic heterocycles. The summed E-state index contributed by atoms with van der Waals surface area (Å²) in [7, 11) is 0. The van der Waals surface area contributed by atoms with Crippen molar-refractivity contribution >= 4 is 21.6 Å². The molecule has 1 aliphatic carbocycles. The number of ether oxygens (including phenoxy) is 1. The van der Waals surface area contributed by atoms with Crippen LogP contribution < -0.4 is 10.4 Å². The maximum Gasteiger partial charge on any atom is 0.350 e. The Balaban J connectivity index is 1.44. The highest BCUT2D eigenvalue weighted by Crippen LogP contribution is 2.31. The molecule has 1 saturated carbocycles. The van der Waals surface area contributed by atoms with Crippen molar-refractivity contribution in [3.05, 3.63) is 63.1 Å². The summed E-state index contributed by atoms with van der Waals surface area (Å²) in [6.45, 7) is 0. The van der Waals surface area contributed by atoms with Crippen LogP contribution in [0, 0.1) is 11.3 Å². The molecule has 0 spiro atoms. The van der Waals surface area contributed by atoms with Gasteiger partial charge in [-0.25, -0.2) is 9.48 Å². The normalized spacial score (nSPS) is 20.0. The molecule has 2 aromatic heterocycles. The minimum atomic E-state index is -0.0824. The molecule has 0 radical (unpaired) electrons. The molecule has 1 aliphatic rings. The van der Waals surface area contributed by atoms with E-state index in [2.05, 4.69) is 27.1 Å². The van der Waals surface area contributed by atoms with E-state index < -0.39 is 0 Å². The molecule has 0 amide bonds. The number of nitriles is 1. The Morgan fingerprint density at radius 3 is 2.69 bits per heavy atom. The molecule has 2 heterocycles. The van der Waals surface area contributed by atoms with E-state index in [0.717, 1.165) is 35.9 Å². The van der Waals surface area contributed by atoms with E-state index in [1.807, 2.05) is 30.3 Å². The molecule has 26 heavy (non-hydrogen) atoms. The third kappa shape index (κ3) is 3.13. The van der Waals surface area contributed by atoms with Crippen LogP contribution >= 0.6 is 15.9 Å². The Bertz CT molecular complexity index is 1040. The Morgan fingerprint density at radius 1 is 1.19 bits per heavy atom. The van der Waals surface area contributed by atoms with Crippen LogP contribution in [0.4, 0.5) is 0 Å². The van der Waals surface area contributed by atoms with E-state index in [-0.39, 0.29) is 17.8 Å². The number of fused-ring (bicyclic) bond motifs is 1. The number of benzene rings is 1. The molecule has 1 aromatic carbocycles. The Hall–Kier alpha value is -2.59. The molecule has 0 unspecified atom stereocenters. The third-order valence-corrected chi connectivity index (χ3v) is 5.46. The van der Waals surface area contributed by atoms with E-state index in [4.69, 9.17) is 10.00 Å². The predicted molar refractivity (Wildman–Crippen MR) is 100 cm³/mol. The summed E-state index contributed by atoms with van der Waals surface area (Å²) in [4.78, 5) is 12.5. The Kier molecular flexibility index (Phi) is 4.51. The molecule has 0 N–H and O–H groups in total. The molecular formula is C19H17BrN4O2. The van der Waals surface area contributed by atoms with Crippen molar-refractivity contribution in [2.75, 3.05) is 0 Å². The zero-order chi connectivity index (χ0) is 18.1. The SMILES string of the molecule is N#Cc1ccc(O[C@H]2CC[C@H](n3nc4ccccn4c3=O)CC2)cc1Br. The van der Waals surface area contributed by atoms with Gasteiger partial charge < -0.3 is 4.74 Å². The van der Waals surface area contributed by atoms with Gasteiger partial charge in [-0.1, -0.05) is 6.07 Å². The second-order valence-corrected chi connectivity index (χ2v) is 7.31. The standard InChI is InChI=1S/C19H17BrN4O2/c20-17-11-16(7-4-13(17)12-21)26-15-8-5-14(6-9-15)24-19(25)23-10-2-1-3-18(23)22-24/h1-4,7,10-11,14-15H,5-6,8-9H2/t14-,15-. The number of pyridine rings is 1. The third-order valence-electron chi connectivity index (χ3n) is 4.80. The monoisotopic (exact) mass is 412 g/mol. The van der Waals surface area contributed by atoms with E-state index >= 15 is 0 Å². The maximum atomic E-state index is 12.5. The number of rotatable bonds is 3. The second-order valence-electron chi connectivity index (χ2n) is 6.46. The van der Waals surface area contributed by atoms with Crippen molar-refractivity contribution in [1.82, 2.24) is 14.2 Å². The van der Waals surface area contributed by atoms with Crippen LogP contribution in [0.15, 0.2) is 51.9 Å². The van der Waals surface area contributed by atoms with Gasteiger partial charge >= 0.3 is 5.69 Å². The van der Waals surface area contributed by atoms with Gasteiger partial charge in [-0.2, -0.15) is 5.26 Å². The minimum absolute atomic E-state index is 0.0824. The lowest BCUT2D eigenvalue weighted by atomic mass is 9.93. The molecule has 0 atom stereocenters. The zero-order valence-corrected chi connectivity index (χ0v) is 15.6. The van der Waals surface area contributed by atoms with E-state index in [1.165, 1.54) is 0 Å². The first kappa shape index (κ1) is 16.9. The quantitative estimate of drug-likeness (QED) is 0.657. The number of hydrogen-bond donors (Lipinski definition) is 0. The predicted octanol–water partition coefficient (Wildman–Crippen LogP) is 3.69. The van der Waals surface area contributed by atoms with Crippen LogP contribution in [0.2, 0.25) is 0 Å². The van der Waals surface area contributed by atoms with Crippen LogP contribution in [-0.4, -0.2) is 20.3 Å². The first-order chi connectivity index (χ1) is 12.7. The maximum absolute atomic E-state index is 12.5. The first-order valence-corrected chi connectivity index (χ1v) is 9.37. The molecule has 0 bridgehead atoms. The van der Waals surface area contributed by atoms with Gasteiger partial charge in [-0.05, 0) is 71.9 Å². The Labute approximate surface area is 158 Å². The van der Waals surface area contributed by atoms with Gasteiger partial charge in [0.15, 0.2) is 5.65 Å². The minimum Gasteiger partial charge on any atom is -0.490 e. The smallest absolute Gasteiger partial charge is 0.350 e. The number of hydrogen-bond acceptors (Lipinski definition) is 4.